The zero-order valence-electron chi connectivity index (χ0n) is 10.0. The number of halogens is 2. The van der Waals surface area contributed by atoms with Crippen molar-refractivity contribution in [2.24, 2.45) is 5.73 Å². The molecule has 1 heterocycles. The van der Waals surface area contributed by atoms with Crippen LogP contribution >= 0.6 is 0 Å². The summed E-state index contributed by atoms with van der Waals surface area (Å²) in [6.45, 7) is -0.640. The van der Waals surface area contributed by atoms with Crippen molar-refractivity contribution in [1.29, 1.82) is 0 Å². The van der Waals surface area contributed by atoms with E-state index in [9.17, 15) is 18.4 Å². The van der Waals surface area contributed by atoms with Gasteiger partial charge in [-0.1, -0.05) is 0 Å². The maximum Gasteiger partial charge on any atom is 0.267 e. The number of hydrogen-bond acceptors (Lipinski definition) is 3. The maximum atomic E-state index is 13.1. The summed E-state index contributed by atoms with van der Waals surface area (Å²) < 4.78 is 26.1. The van der Waals surface area contributed by atoms with Crippen LogP contribution in [0.3, 0.4) is 0 Å². The van der Waals surface area contributed by atoms with Crippen LogP contribution in [0.1, 0.15) is 27.1 Å². The Morgan fingerprint density at radius 3 is 2.37 bits per heavy atom. The van der Waals surface area contributed by atoms with Crippen LogP contribution in [0.15, 0.2) is 18.2 Å². The third-order valence-corrected chi connectivity index (χ3v) is 2.94. The van der Waals surface area contributed by atoms with Gasteiger partial charge in [0.2, 0.25) is 5.91 Å². The van der Waals surface area contributed by atoms with Crippen molar-refractivity contribution in [2.75, 3.05) is 18.8 Å². The molecule has 0 aromatic heterocycles. The molecule has 1 aromatic rings. The van der Waals surface area contributed by atoms with E-state index in [4.69, 9.17) is 11.5 Å². The average molecular weight is 269 g/mol. The predicted molar refractivity (Wildman–Crippen MR) is 64.8 cm³/mol. The second-order valence-corrected chi connectivity index (χ2v) is 4.54. The number of primary amides is 1. The van der Waals surface area contributed by atoms with E-state index in [0.717, 1.165) is 4.90 Å². The molecule has 102 valence electrons. The molecule has 0 spiro atoms. The number of anilines is 1. The molecule has 4 N–H and O–H groups in total. The van der Waals surface area contributed by atoms with E-state index in [0.29, 0.717) is 0 Å². The van der Waals surface area contributed by atoms with Crippen LogP contribution < -0.4 is 11.5 Å². The molecule has 1 fully saturated rings. The van der Waals surface area contributed by atoms with E-state index >= 15 is 0 Å². The van der Waals surface area contributed by atoms with E-state index in [1.54, 1.807) is 0 Å². The van der Waals surface area contributed by atoms with Crippen LogP contribution in [-0.4, -0.2) is 35.7 Å². The normalized spacial score (nSPS) is 17.5. The number of carbonyl (C=O) groups excluding carboxylic acids is 2. The van der Waals surface area contributed by atoms with Gasteiger partial charge in [-0.15, -0.1) is 0 Å². The lowest BCUT2D eigenvalue weighted by molar-refractivity contribution is 0.0120. The lowest BCUT2D eigenvalue weighted by atomic mass is 10.1. The first-order chi connectivity index (χ1) is 8.78. The van der Waals surface area contributed by atoms with Crippen molar-refractivity contribution in [3.8, 4) is 0 Å². The van der Waals surface area contributed by atoms with Crippen LogP contribution in [0.2, 0.25) is 0 Å². The Morgan fingerprint density at radius 2 is 1.84 bits per heavy atom. The van der Waals surface area contributed by atoms with Gasteiger partial charge in [-0.2, -0.15) is 0 Å². The summed E-state index contributed by atoms with van der Waals surface area (Å²) in [4.78, 5) is 24.2. The summed E-state index contributed by atoms with van der Waals surface area (Å²) in [5.74, 6) is -4.16. The molecule has 0 atom stereocenters. The molecule has 1 saturated heterocycles. The van der Waals surface area contributed by atoms with Crippen LogP contribution in [0.4, 0.5) is 14.5 Å². The Kier molecular flexibility index (Phi) is 3.13. The molecule has 0 bridgehead atoms. The maximum absolute atomic E-state index is 13.1. The van der Waals surface area contributed by atoms with Crippen LogP contribution in [-0.2, 0) is 0 Å². The largest absolute Gasteiger partial charge is 0.399 e. The Bertz CT molecular complexity index is 546. The van der Waals surface area contributed by atoms with Crippen molar-refractivity contribution in [2.45, 2.75) is 12.3 Å². The molecule has 19 heavy (non-hydrogen) atoms. The Balaban J connectivity index is 2.27. The fourth-order valence-electron chi connectivity index (χ4n) is 2.01. The molecule has 0 unspecified atom stereocenters. The zero-order chi connectivity index (χ0) is 14.2. The predicted octanol–water partition coefficient (Wildman–Crippen LogP) is 0.849. The van der Waals surface area contributed by atoms with Crippen molar-refractivity contribution in [3.05, 3.63) is 29.3 Å². The van der Waals surface area contributed by atoms with Crippen molar-refractivity contribution in [3.63, 3.8) is 0 Å². The number of amides is 2. The Morgan fingerprint density at radius 1 is 1.21 bits per heavy atom. The van der Waals surface area contributed by atoms with E-state index < -0.39 is 24.3 Å². The Hall–Kier alpha value is -2.18. The van der Waals surface area contributed by atoms with Gasteiger partial charge in [-0.25, -0.2) is 8.78 Å². The SMILES string of the molecule is NC(=O)c1cc(N)cc(C(=O)N2CCC(F)(F)C2)c1. The van der Waals surface area contributed by atoms with Gasteiger partial charge in [0, 0.05) is 29.8 Å². The summed E-state index contributed by atoms with van der Waals surface area (Å²) in [6, 6.07) is 3.93. The van der Waals surface area contributed by atoms with Gasteiger partial charge in [0.05, 0.1) is 6.54 Å². The molecule has 2 amide bonds. The monoisotopic (exact) mass is 269 g/mol. The smallest absolute Gasteiger partial charge is 0.267 e. The Labute approximate surface area is 108 Å². The van der Waals surface area contributed by atoms with E-state index in [2.05, 4.69) is 0 Å². The van der Waals surface area contributed by atoms with Gasteiger partial charge >= 0.3 is 0 Å². The number of rotatable bonds is 2. The number of nitrogens with two attached hydrogens (primary N) is 2. The third-order valence-electron chi connectivity index (χ3n) is 2.94. The number of benzene rings is 1. The lowest BCUT2D eigenvalue weighted by Gasteiger charge is -2.16. The van der Waals surface area contributed by atoms with Gasteiger partial charge in [-0.3, -0.25) is 9.59 Å². The number of hydrogen-bond donors (Lipinski definition) is 2. The molecule has 0 aliphatic carbocycles. The summed E-state index contributed by atoms with van der Waals surface area (Å²) >= 11 is 0. The first-order valence-electron chi connectivity index (χ1n) is 5.66. The van der Waals surface area contributed by atoms with Gasteiger partial charge in [0.15, 0.2) is 0 Å². The van der Waals surface area contributed by atoms with Crippen LogP contribution in [0.5, 0.6) is 0 Å². The minimum Gasteiger partial charge on any atom is -0.399 e. The standard InChI is InChI=1S/C12H13F2N3O2/c13-12(14)1-2-17(6-12)11(19)8-3-7(10(16)18)4-9(15)5-8/h3-5H,1-2,6,15H2,(H2,16,18). The van der Waals surface area contributed by atoms with Crippen molar-refractivity contribution >= 4 is 17.5 Å². The molecular weight excluding hydrogens is 256 g/mol. The molecule has 7 heteroatoms. The number of nitrogens with zero attached hydrogens (tertiary/aromatic N) is 1. The fourth-order valence-corrected chi connectivity index (χ4v) is 2.01. The number of alkyl halides is 2. The minimum atomic E-state index is -2.86. The van der Waals surface area contributed by atoms with Gasteiger partial charge in [0.25, 0.3) is 11.8 Å². The molecule has 5 nitrogen and oxygen atoms in total. The molecule has 2 rings (SSSR count). The summed E-state index contributed by atoms with van der Waals surface area (Å²) in [7, 11) is 0. The summed E-state index contributed by atoms with van der Waals surface area (Å²) in [5, 5.41) is 0. The highest BCUT2D eigenvalue weighted by atomic mass is 19.3. The van der Waals surface area contributed by atoms with Crippen molar-refractivity contribution in [1.82, 2.24) is 4.90 Å². The molecule has 1 aromatic carbocycles. The first-order valence-corrected chi connectivity index (χ1v) is 5.66. The number of carbonyl (C=O) groups is 2. The van der Waals surface area contributed by atoms with Gasteiger partial charge in [-0.05, 0) is 18.2 Å². The van der Waals surface area contributed by atoms with Crippen LogP contribution in [0, 0.1) is 0 Å². The van der Waals surface area contributed by atoms with E-state index in [1.807, 2.05) is 0 Å². The molecule has 0 radical (unpaired) electrons. The molecule has 1 aliphatic heterocycles. The minimum absolute atomic E-state index is 0.0213. The van der Waals surface area contributed by atoms with Gasteiger partial charge in [0.1, 0.15) is 0 Å². The first kappa shape index (κ1) is 13.3. The van der Waals surface area contributed by atoms with Gasteiger partial charge < -0.3 is 16.4 Å². The van der Waals surface area contributed by atoms with E-state index in [1.165, 1.54) is 18.2 Å². The molecular formula is C12H13F2N3O2. The molecule has 0 saturated carbocycles. The highest BCUT2D eigenvalue weighted by molar-refractivity contribution is 6.00. The van der Waals surface area contributed by atoms with E-state index in [-0.39, 0.29) is 29.8 Å². The highest BCUT2D eigenvalue weighted by Crippen LogP contribution is 2.28. The second-order valence-electron chi connectivity index (χ2n) is 4.54. The lowest BCUT2D eigenvalue weighted by Crippen LogP contribution is -2.31. The number of nitrogen functional groups attached to an aromatic ring is 1. The third kappa shape index (κ3) is 2.81. The quantitative estimate of drug-likeness (QED) is 0.780. The zero-order valence-corrected chi connectivity index (χ0v) is 10.0. The van der Waals surface area contributed by atoms with Crippen LogP contribution in [0.25, 0.3) is 0 Å². The summed E-state index contributed by atoms with van der Waals surface area (Å²) in [6.07, 6.45) is -0.357. The molecule has 1 aliphatic rings. The highest BCUT2D eigenvalue weighted by Gasteiger charge is 2.40. The fraction of sp³-hybridized carbons (Fsp3) is 0.333. The summed E-state index contributed by atoms with van der Waals surface area (Å²) in [5.41, 5.74) is 11.0. The van der Waals surface area contributed by atoms with Crippen molar-refractivity contribution < 1.29 is 18.4 Å². The number of likely N-dealkylation sites (tertiary alicyclic amines) is 1. The topological polar surface area (TPSA) is 89.4 Å². The average Bonchev–Trinajstić information content (AvgIpc) is 2.68. The second kappa shape index (κ2) is 4.49.